The molecule has 0 unspecified atom stereocenters. The summed E-state index contributed by atoms with van der Waals surface area (Å²) in [6, 6.07) is 3.14. The summed E-state index contributed by atoms with van der Waals surface area (Å²) < 4.78 is 23.3. The highest BCUT2D eigenvalue weighted by Crippen LogP contribution is 2.21. The molecular formula is C15H17N3O5S2. The van der Waals surface area contributed by atoms with E-state index in [1.54, 1.807) is 11.3 Å². The first-order valence-corrected chi connectivity index (χ1v) is 9.99. The number of sulfone groups is 1. The van der Waals surface area contributed by atoms with Gasteiger partial charge in [0.05, 0.1) is 20.5 Å². The van der Waals surface area contributed by atoms with Crippen LogP contribution in [0.15, 0.2) is 23.1 Å². The molecule has 1 aromatic heterocycles. The normalized spacial score (nSPS) is 11.3. The topological polar surface area (TPSA) is 119 Å². The van der Waals surface area contributed by atoms with Crippen molar-refractivity contribution in [2.24, 2.45) is 0 Å². The molecule has 0 atom stereocenters. The number of nitro benzene ring substituents is 1. The molecule has 0 bridgehead atoms. The van der Waals surface area contributed by atoms with Crippen LogP contribution in [-0.2, 0) is 16.3 Å². The van der Waals surface area contributed by atoms with Gasteiger partial charge in [0, 0.05) is 41.8 Å². The van der Waals surface area contributed by atoms with Crippen molar-refractivity contribution in [1.82, 2.24) is 10.3 Å². The Balaban J connectivity index is 2.16. The van der Waals surface area contributed by atoms with E-state index < -0.39 is 26.4 Å². The van der Waals surface area contributed by atoms with Crippen LogP contribution in [0.5, 0.6) is 0 Å². The van der Waals surface area contributed by atoms with Gasteiger partial charge in [0.15, 0.2) is 9.84 Å². The fraction of sp³-hybridized carbons (Fsp3) is 0.333. The Kier molecular flexibility index (Phi) is 5.53. The van der Waals surface area contributed by atoms with Crippen molar-refractivity contribution >= 4 is 32.8 Å². The molecule has 0 saturated heterocycles. The third-order valence-electron chi connectivity index (χ3n) is 3.43. The van der Waals surface area contributed by atoms with Gasteiger partial charge in [0.1, 0.15) is 0 Å². The van der Waals surface area contributed by atoms with Gasteiger partial charge in [-0.3, -0.25) is 14.9 Å². The van der Waals surface area contributed by atoms with Crippen LogP contribution in [0.4, 0.5) is 5.69 Å². The summed E-state index contributed by atoms with van der Waals surface area (Å²) in [7, 11) is -3.67. The molecule has 0 fully saturated rings. The van der Waals surface area contributed by atoms with Crippen molar-refractivity contribution < 1.29 is 18.1 Å². The predicted molar refractivity (Wildman–Crippen MR) is 93.8 cm³/mol. The zero-order valence-electron chi connectivity index (χ0n) is 13.9. The Bertz CT molecular complexity index is 935. The fourth-order valence-corrected chi connectivity index (χ4v) is 3.84. The highest BCUT2D eigenvalue weighted by atomic mass is 32.2. The fourth-order valence-electron chi connectivity index (χ4n) is 2.23. The van der Waals surface area contributed by atoms with E-state index in [0.29, 0.717) is 13.0 Å². The number of non-ortho nitro benzene ring substituents is 1. The third-order valence-corrected chi connectivity index (χ3v) is 5.65. The minimum absolute atomic E-state index is 0.0631. The number of hydrogen-bond donors (Lipinski definition) is 1. The van der Waals surface area contributed by atoms with E-state index >= 15 is 0 Å². The minimum Gasteiger partial charge on any atom is -0.352 e. The molecule has 10 heteroatoms. The van der Waals surface area contributed by atoms with Gasteiger partial charge in [-0.05, 0) is 19.9 Å². The van der Waals surface area contributed by atoms with Crippen LogP contribution in [0, 0.1) is 24.0 Å². The summed E-state index contributed by atoms with van der Waals surface area (Å²) in [6.45, 7) is 4.10. The number of nitrogens with one attached hydrogen (secondary N) is 1. The van der Waals surface area contributed by atoms with Crippen molar-refractivity contribution in [3.05, 3.63) is 49.5 Å². The van der Waals surface area contributed by atoms with Crippen molar-refractivity contribution in [3.63, 3.8) is 0 Å². The molecular weight excluding hydrogens is 366 g/mol. The zero-order chi connectivity index (χ0) is 18.8. The van der Waals surface area contributed by atoms with Crippen LogP contribution in [0.1, 0.15) is 25.9 Å². The first kappa shape index (κ1) is 19.0. The number of nitrogens with zero attached hydrogens (tertiary/aromatic N) is 2. The van der Waals surface area contributed by atoms with Crippen molar-refractivity contribution in [1.29, 1.82) is 0 Å². The van der Waals surface area contributed by atoms with Gasteiger partial charge in [-0.15, -0.1) is 11.3 Å². The summed E-state index contributed by atoms with van der Waals surface area (Å²) in [5, 5.41) is 14.6. The molecule has 25 heavy (non-hydrogen) atoms. The number of rotatable bonds is 6. The van der Waals surface area contributed by atoms with E-state index in [1.807, 2.05) is 13.8 Å². The molecule has 0 saturated carbocycles. The van der Waals surface area contributed by atoms with E-state index in [0.717, 1.165) is 40.0 Å². The van der Waals surface area contributed by atoms with Crippen LogP contribution in [0.3, 0.4) is 0 Å². The Morgan fingerprint density at radius 2 is 2.00 bits per heavy atom. The molecule has 0 spiro atoms. The second-order valence-corrected chi connectivity index (χ2v) is 8.80. The Labute approximate surface area is 149 Å². The molecule has 0 aliphatic heterocycles. The lowest BCUT2D eigenvalue weighted by Gasteiger charge is -2.07. The third kappa shape index (κ3) is 4.83. The first-order valence-electron chi connectivity index (χ1n) is 7.28. The number of nitro groups is 1. The summed E-state index contributed by atoms with van der Waals surface area (Å²) in [6.07, 6.45) is 1.51. The lowest BCUT2D eigenvalue weighted by Crippen LogP contribution is -2.26. The highest BCUT2D eigenvalue weighted by Gasteiger charge is 2.19. The van der Waals surface area contributed by atoms with Crippen LogP contribution in [0.2, 0.25) is 0 Å². The van der Waals surface area contributed by atoms with E-state index in [-0.39, 0.29) is 10.5 Å². The second-order valence-electron chi connectivity index (χ2n) is 5.49. The number of aromatic nitrogens is 1. The SMILES string of the molecule is Cc1nc(C)c(CCNC(=O)c2cc([N+](=O)[O-])cc(S(C)(=O)=O)c2)s1. The smallest absolute Gasteiger partial charge is 0.271 e. The molecule has 0 aliphatic carbocycles. The standard InChI is InChI=1S/C15H17N3O5S2/c1-9-14(24-10(2)17-9)4-5-16-15(19)11-6-12(18(20)21)8-13(7-11)25(3,22)23/h6-8H,4-5H2,1-3H3,(H,16,19). The van der Waals surface area contributed by atoms with Crippen LogP contribution >= 0.6 is 11.3 Å². The Morgan fingerprint density at radius 3 is 2.52 bits per heavy atom. The maximum atomic E-state index is 12.2. The quantitative estimate of drug-likeness (QED) is 0.602. The summed E-state index contributed by atoms with van der Waals surface area (Å²) in [4.78, 5) is 27.6. The number of carbonyl (C=O) groups excluding carboxylic acids is 1. The molecule has 8 nitrogen and oxygen atoms in total. The summed E-state index contributed by atoms with van der Waals surface area (Å²) in [5.74, 6) is -0.563. The zero-order valence-corrected chi connectivity index (χ0v) is 15.5. The lowest BCUT2D eigenvalue weighted by atomic mass is 10.2. The summed E-state index contributed by atoms with van der Waals surface area (Å²) >= 11 is 1.54. The number of thiazole rings is 1. The second kappa shape index (κ2) is 7.28. The van der Waals surface area contributed by atoms with E-state index in [1.165, 1.54) is 0 Å². The van der Waals surface area contributed by atoms with E-state index in [2.05, 4.69) is 10.3 Å². The van der Waals surface area contributed by atoms with Crippen LogP contribution in [-0.4, -0.2) is 37.0 Å². The van der Waals surface area contributed by atoms with Gasteiger partial charge in [-0.25, -0.2) is 13.4 Å². The highest BCUT2D eigenvalue weighted by molar-refractivity contribution is 7.90. The molecule has 1 aromatic carbocycles. The van der Waals surface area contributed by atoms with Crippen molar-refractivity contribution in [2.45, 2.75) is 25.2 Å². The van der Waals surface area contributed by atoms with E-state index in [9.17, 15) is 23.3 Å². The van der Waals surface area contributed by atoms with Gasteiger partial charge < -0.3 is 5.32 Å². The van der Waals surface area contributed by atoms with Gasteiger partial charge in [-0.2, -0.15) is 0 Å². The Morgan fingerprint density at radius 1 is 1.32 bits per heavy atom. The van der Waals surface area contributed by atoms with Crippen molar-refractivity contribution in [2.75, 3.05) is 12.8 Å². The molecule has 1 heterocycles. The van der Waals surface area contributed by atoms with Gasteiger partial charge >= 0.3 is 0 Å². The molecule has 1 N–H and O–H groups in total. The average molecular weight is 383 g/mol. The lowest BCUT2D eigenvalue weighted by molar-refractivity contribution is -0.385. The first-order chi connectivity index (χ1) is 11.6. The van der Waals surface area contributed by atoms with Crippen LogP contribution < -0.4 is 5.32 Å². The number of amides is 1. The molecule has 1 amide bonds. The maximum absolute atomic E-state index is 12.2. The minimum atomic E-state index is -3.67. The number of benzene rings is 1. The number of aryl methyl sites for hydroxylation is 2. The van der Waals surface area contributed by atoms with Crippen molar-refractivity contribution in [3.8, 4) is 0 Å². The van der Waals surface area contributed by atoms with Gasteiger partial charge in [0.2, 0.25) is 0 Å². The molecule has 2 rings (SSSR count). The molecule has 2 aromatic rings. The van der Waals surface area contributed by atoms with E-state index in [4.69, 9.17) is 0 Å². The number of carbonyl (C=O) groups is 1. The number of hydrogen-bond acceptors (Lipinski definition) is 7. The monoisotopic (exact) mass is 383 g/mol. The molecule has 0 radical (unpaired) electrons. The van der Waals surface area contributed by atoms with Gasteiger partial charge in [-0.1, -0.05) is 0 Å². The van der Waals surface area contributed by atoms with Crippen LogP contribution in [0.25, 0.3) is 0 Å². The summed E-state index contributed by atoms with van der Waals surface area (Å²) in [5.41, 5.74) is 0.403. The predicted octanol–water partition coefficient (Wildman–Crippen LogP) is 2.04. The van der Waals surface area contributed by atoms with Gasteiger partial charge in [0.25, 0.3) is 11.6 Å². The average Bonchev–Trinajstić information content (AvgIpc) is 2.83. The molecule has 134 valence electrons. The molecule has 0 aliphatic rings. The Hall–Kier alpha value is -2.33. The maximum Gasteiger partial charge on any atom is 0.271 e. The largest absolute Gasteiger partial charge is 0.352 e.